The van der Waals surface area contributed by atoms with E-state index >= 15 is 0 Å². The normalized spacial score (nSPS) is 11.7. The van der Waals surface area contributed by atoms with Gasteiger partial charge in [0, 0.05) is 18.9 Å². The summed E-state index contributed by atoms with van der Waals surface area (Å²) in [5.74, 6) is 0.620. The summed E-state index contributed by atoms with van der Waals surface area (Å²) in [5.41, 5.74) is 1.74. The summed E-state index contributed by atoms with van der Waals surface area (Å²) < 4.78 is 7.07. The Morgan fingerprint density at radius 3 is 2.92 bits per heavy atom. The molecule has 6 nitrogen and oxygen atoms in total. The molecule has 1 aromatic carbocycles. The number of carbonyl (C=O) groups excluding carboxylic acids is 1. The Morgan fingerprint density at radius 2 is 2.21 bits per heavy atom. The molecule has 0 aliphatic carbocycles. The van der Waals surface area contributed by atoms with Crippen molar-refractivity contribution in [1.29, 1.82) is 0 Å². The molecular weight excluding hydrogens is 324 g/mol. The number of benzene rings is 1. The lowest BCUT2D eigenvalue weighted by Crippen LogP contribution is -2.34. The van der Waals surface area contributed by atoms with Crippen LogP contribution in [0.1, 0.15) is 11.6 Å². The number of rotatable bonds is 6. The third-order valence-corrected chi connectivity index (χ3v) is 4.28. The van der Waals surface area contributed by atoms with Gasteiger partial charge in [-0.1, -0.05) is 12.1 Å². The van der Waals surface area contributed by atoms with Crippen molar-refractivity contribution < 1.29 is 9.53 Å². The van der Waals surface area contributed by atoms with Crippen molar-refractivity contribution in [1.82, 2.24) is 15.1 Å². The highest BCUT2D eigenvalue weighted by Crippen LogP contribution is 2.23. The van der Waals surface area contributed by atoms with Crippen LogP contribution in [0.3, 0.4) is 0 Å². The number of aromatic nitrogens is 2. The molecule has 2 aromatic heterocycles. The Morgan fingerprint density at radius 1 is 1.33 bits per heavy atom. The SMILES string of the molecule is COc1ccccc1NC(=O)NC[C@H](c1ccsc1)n1cccn1. The molecule has 2 heterocycles. The predicted molar refractivity (Wildman–Crippen MR) is 94.7 cm³/mol. The van der Waals surface area contributed by atoms with E-state index in [9.17, 15) is 4.79 Å². The Bertz CT molecular complexity index is 738. The van der Waals surface area contributed by atoms with Crippen molar-refractivity contribution in [2.75, 3.05) is 19.0 Å². The van der Waals surface area contributed by atoms with E-state index in [0.717, 1.165) is 5.56 Å². The van der Waals surface area contributed by atoms with Crippen LogP contribution in [0.25, 0.3) is 0 Å². The number of ether oxygens (including phenoxy) is 1. The first-order valence-electron chi connectivity index (χ1n) is 7.47. The van der Waals surface area contributed by atoms with Crippen molar-refractivity contribution in [3.63, 3.8) is 0 Å². The number of nitrogens with zero attached hydrogens (tertiary/aromatic N) is 2. The summed E-state index contributed by atoms with van der Waals surface area (Å²) in [6.07, 6.45) is 3.62. The van der Waals surface area contributed by atoms with Crippen molar-refractivity contribution in [3.05, 3.63) is 65.1 Å². The number of thiophene rings is 1. The predicted octanol–water partition coefficient (Wildman–Crippen LogP) is 3.36. The molecule has 0 fully saturated rings. The van der Waals surface area contributed by atoms with E-state index in [0.29, 0.717) is 18.0 Å². The molecule has 3 aromatic rings. The average molecular weight is 342 g/mol. The second-order valence-corrected chi connectivity index (χ2v) is 5.87. The minimum Gasteiger partial charge on any atom is -0.495 e. The first-order valence-corrected chi connectivity index (χ1v) is 8.41. The molecule has 0 saturated heterocycles. The highest BCUT2D eigenvalue weighted by atomic mass is 32.1. The number of hydrogen-bond acceptors (Lipinski definition) is 4. The Hall–Kier alpha value is -2.80. The van der Waals surface area contributed by atoms with Crippen LogP contribution in [0.4, 0.5) is 10.5 Å². The summed E-state index contributed by atoms with van der Waals surface area (Å²) >= 11 is 1.62. The standard InChI is InChI=1S/C17H18N4O2S/c1-23-16-6-3-2-5-14(16)20-17(22)18-11-15(13-7-10-24-12-13)21-9-4-8-19-21/h2-10,12,15H,11H2,1H3,(H2,18,20,22)/t15-/m1/s1. The van der Waals surface area contributed by atoms with Gasteiger partial charge in [0.1, 0.15) is 5.75 Å². The van der Waals surface area contributed by atoms with Crippen LogP contribution in [-0.4, -0.2) is 29.5 Å². The fourth-order valence-electron chi connectivity index (χ4n) is 2.40. The molecule has 0 radical (unpaired) electrons. The lowest BCUT2D eigenvalue weighted by molar-refractivity contribution is 0.250. The zero-order valence-corrected chi connectivity index (χ0v) is 14.0. The smallest absolute Gasteiger partial charge is 0.319 e. The second kappa shape index (κ2) is 7.65. The van der Waals surface area contributed by atoms with Crippen molar-refractivity contribution in [2.45, 2.75) is 6.04 Å². The maximum atomic E-state index is 12.2. The largest absolute Gasteiger partial charge is 0.495 e. The van der Waals surface area contributed by atoms with Gasteiger partial charge in [0.25, 0.3) is 0 Å². The highest BCUT2D eigenvalue weighted by molar-refractivity contribution is 7.07. The Kier molecular flexibility index (Phi) is 5.12. The van der Waals surface area contributed by atoms with Gasteiger partial charge in [-0.15, -0.1) is 0 Å². The molecule has 0 aliphatic heterocycles. The maximum Gasteiger partial charge on any atom is 0.319 e. The van der Waals surface area contributed by atoms with E-state index in [1.165, 1.54) is 0 Å². The molecule has 7 heteroatoms. The van der Waals surface area contributed by atoms with Crippen LogP contribution in [0.5, 0.6) is 5.75 Å². The minimum absolute atomic E-state index is 0.0466. The molecule has 2 amide bonds. The first kappa shape index (κ1) is 16.1. The lowest BCUT2D eigenvalue weighted by Gasteiger charge is -2.18. The van der Waals surface area contributed by atoms with Gasteiger partial charge in [-0.25, -0.2) is 4.79 Å². The number of carbonyl (C=O) groups is 1. The van der Waals surface area contributed by atoms with Gasteiger partial charge in [-0.05, 0) is 40.6 Å². The van der Waals surface area contributed by atoms with Crippen LogP contribution in [0.15, 0.2) is 59.6 Å². The molecule has 0 saturated carbocycles. The summed E-state index contributed by atoms with van der Waals surface area (Å²) in [7, 11) is 1.57. The van der Waals surface area contributed by atoms with Gasteiger partial charge in [0.15, 0.2) is 0 Å². The number of hydrogen-bond donors (Lipinski definition) is 2. The zero-order valence-electron chi connectivity index (χ0n) is 13.2. The van der Waals surface area contributed by atoms with Gasteiger partial charge in [0.05, 0.1) is 18.8 Å². The molecule has 3 rings (SSSR count). The molecule has 2 N–H and O–H groups in total. The zero-order chi connectivity index (χ0) is 16.8. The van der Waals surface area contributed by atoms with Crippen molar-refractivity contribution in [2.24, 2.45) is 0 Å². The molecule has 0 aliphatic rings. The maximum absolute atomic E-state index is 12.2. The summed E-state index contributed by atoms with van der Waals surface area (Å²) in [6.45, 7) is 0.430. The van der Waals surface area contributed by atoms with Gasteiger partial charge in [-0.3, -0.25) is 4.68 Å². The Labute approximate surface area is 144 Å². The lowest BCUT2D eigenvalue weighted by atomic mass is 10.1. The minimum atomic E-state index is -0.285. The van der Waals surface area contributed by atoms with Crippen molar-refractivity contribution in [3.8, 4) is 5.75 Å². The first-order chi connectivity index (χ1) is 11.8. The summed E-state index contributed by atoms with van der Waals surface area (Å²) in [4.78, 5) is 12.2. The van der Waals surface area contributed by atoms with E-state index in [1.807, 2.05) is 40.5 Å². The Balaban J connectivity index is 1.65. The quantitative estimate of drug-likeness (QED) is 0.722. The number of nitrogens with one attached hydrogen (secondary N) is 2. The molecule has 0 bridgehead atoms. The molecule has 24 heavy (non-hydrogen) atoms. The molecular formula is C17H18N4O2S. The van der Waals surface area contributed by atoms with Gasteiger partial charge in [0.2, 0.25) is 0 Å². The monoisotopic (exact) mass is 342 g/mol. The van der Waals surface area contributed by atoms with E-state index in [2.05, 4.69) is 21.1 Å². The van der Waals surface area contributed by atoms with Crippen LogP contribution < -0.4 is 15.4 Å². The van der Waals surface area contributed by atoms with Crippen LogP contribution in [-0.2, 0) is 0 Å². The average Bonchev–Trinajstić information content (AvgIpc) is 3.30. The van der Waals surface area contributed by atoms with Gasteiger partial charge < -0.3 is 15.4 Å². The van der Waals surface area contributed by atoms with E-state index in [1.54, 1.807) is 36.8 Å². The van der Waals surface area contributed by atoms with Crippen LogP contribution in [0.2, 0.25) is 0 Å². The summed E-state index contributed by atoms with van der Waals surface area (Å²) in [5, 5.41) is 14.1. The number of amides is 2. The van der Waals surface area contributed by atoms with Crippen LogP contribution in [0, 0.1) is 0 Å². The van der Waals surface area contributed by atoms with Gasteiger partial charge >= 0.3 is 6.03 Å². The topological polar surface area (TPSA) is 68.2 Å². The number of urea groups is 1. The third-order valence-electron chi connectivity index (χ3n) is 3.58. The number of anilines is 1. The van der Waals surface area contributed by atoms with E-state index < -0.39 is 0 Å². The van der Waals surface area contributed by atoms with E-state index in [-0.39, 0.29) is 12.1 Å². The van der Waals surface area contributed by atoms with Crippen LogP contribution >= 0.6 is 11.3 Å². The number of para-hydroxylation sites is 2. The number of methoxy groups -OCH3 is 1. The summed E-state index contributed by atoms with van der Waals surface area (Å²) in [6, 6.07) is 10.9. The fraction of sp³-hybridized carbons (Fsp3) is 0.176. The molecule has 124 valence electrons. The molecule has 0 spiro atoms. The molecule has 1 atom stereocenters. The second-order valence-electron chi connectivity index (χ2n) is 5.09. The third kappa shape index (κ3) is 3.75. The van der Waals surface area contributed by atoms with E-state index in [4.69, 9.17) is 4.74 Å². The fourth-order valence-corrected chi connectivity index (χ4v) is 3.10. The molecule has 0 unspecified atom stereocenters. The van der Waals surface area contributed by atoms with Gasteiger partial charge in [-0.2, -0.15) is 16.4 Å². The van der Waals surface area contributed by atoms with Crippen molar-refractivity contribution >= 4 is 23.1 Å². The highest BCUT2D eigenvalue weighted by Gasteiger charge is 2.16.